The molecule has 0 saturated heterocycles. The van der Waals surface area contributed by atoms with Crippen molar-refractivity contribution >= 4 is 11.3 Å². The van der Waals surface area contributed by atoms with E-state index in [2.05, 4.69) is 40.8 Å². The first kappa shape index (κ1) is 13.1. The molecule has 18 heavy (non-hydrogen) atoms. The van der Waals surface area contributed by atoms with Gasteiger partial charge in [-0.3, -0.25) is 0 Å². The van der Waals surface area contributed by atoms with Gasteiger partial charge in [-0.25, -0.2) is 4.98 Å². The number of rotatable bonds is 6. The second-order valence-electron chi connectivity index (χ2n) is 4.00. The van der Waals surface area contributed by atoms with Crippen LogP contribution in [0.3, 0.4) is 0 Å². The Kier molecular flexibility index (Phi) is 4.73. The smallest absolute Gasteiger partial charge is 0.217 e. The maximum absolute atomic E-state index is 5.34. The minimum Gasteiger partial charge on any atom is -0.481 e. The highest BCUT2D eigenvalue weighted by Crippen LogP contribution is 2.26. The number of nitrogens with zero attached hydrogens (tertiary/aromatic N) is 1. The molecule has 2 aromatic heterocycles. The predicted octanol–water partition coefficient (Wildman–Crippen LogP) is 3.05. The second-order valence-corrected chi connectivity index (χ2v) is 5.03. The van der Waals surface area contributed by atoms with E-state index >= 15 is 0 Å². The van der Waals surface area contributed by atoms with Gasteiger partial charge in [-0.15, -0.1) is 11.3 Å². The lowest BCUT2D eigenvalue weighted by Gasteiger charge is -2.19. The zero-order chi connectivity index (χ0) is 12.8. The average molecular weight is 262 g/mol. The Morgan fingerprint density at radius 1 is 1.39 bits per heavy atom. The van der Waals surface area contributed by atoms with Gasteiger partial charge in [-0.1, -0.05) is 19.1 Å². The fraction of sp³-hybridized carbons (Fsp3) is 0.357. The summed E-state index contributed by atoms with van der Waals surface area (Å²) in [5.74, 6) is 0.708. The first-order valence-corrected chi connectivity index (χ1v) is 6.97. The van der Waals surface area contributed by atoms with Crippen LogP contribution in [0.5, 0.6) is 5.88 Å². The van der Waals surface area contributed by atoms with Crippen LogP contribution in [0.4, 0.5) is 0 Å². The molecule has 0 radical (unpaired) electrons. The van der Waals surface area contributed by atoms with Crippen molar-refractivity contribution in [3.05, 3.63) is 46.3 Å². The van der Waals surface area contributed by atoms with Crippen LogP contribution in [0, 0.1) is 0 Å². The Hall–Kier alpha value is -1.39. The number of aromatic nitrogens is 1. The molecular weight excluding hydrogens is 244 g/mol. The van der Waals surface area contributed by atoms with Crippen LogP contribution in [0.2, 0.25) is 0 Å². The van der Waals surface area contributed by atoms with Gasteiger partial charge in [0.15, 0.2) is 0 Å². The molecule has 4 heteroatoms. The summed E-state index contributed by atoms with van der Waals surface area (Å²) in [6.45, 7) is 3.04. The van der Waals surface area contributed by atoms with E-state index in [1.54, 1.807) is 24.6 Å². The van der Waals surface area contributed by atoms with Crippen LogP contribution in [-0.4, -0.2) is 18.6 Å². The fourth-order valence-electron chi connectivity index (χ4n) is 2.01. The minimum atomic E-state index is 0.248. The van der Waals surface area contributed by atoms with E-state index in [9.17, 15) is 0 Å². The number of thiophene rings is 1. The van der Waals surface area contributed by atoms with Crippen LogP contribution in [0.1, 0.15) is 23.4 Å². The zero-order valence-corrected chi connectivity index (χ0v) is 11.5. The molecule has 0 aromatic carbocycles. The normalized spacial score (nSPS) is 12.3. The number of pyridine rings is 1. The van der Waals surface area contributed by atoms with E-state index in [1.165, 1.54) is 4.88 Å². The minimum absolute atomic E-state index is 0.248. The first-order chi connectivity index (χ1) is 8.85. The Morgan fingerprint density at radius 3 is 2.94 bits per heavy atom. The topological polar surface area (TPSA) is 34.2 Å². The monoisotopic (exact) mass is 262 g/mol. The van der Waals surface area contributed by atoms with Gasteiger partial charge in [0.05, 0.1) is 7.11 Å². The SMILES string of the molecule is CCNC(Cc1cccs1)c1cccnc1OC. The molecule has 1 N–H and O–H groups in total. The van der Waals surface area contributed by atoms with Crippen LogP contribution in [0.15, 0.2) is 35.8 Å². The van der Waals surface area contributed by atoms with Crippen molar-refractivity contribution in [3.63, 3.8) is 0 Å². The van der Waals surface area contributed by atoms with Crippen molar-refractivity contribution in [2.45, 2.75) is 19.4 Å². The fourth-order valence-corrected chi connectivity index (χ4v) is 2.76. The number of nitrogens with one attached hydrogen (secondary N) is 1. The lowest BCUT2D eigenvalue weighted by Crippen LogP contribution is -2.23. The van der Waals surface area contributed by atoms with Gasteiger partial charge in [0.25, 0.3) is 0 Å². The Balaban J connectivity index is 2.23. The van der Waals surface area contributed by atoms with Crippen molar-refractivity contribution < 1.29 is 4.74 Å². The summed E-state index contributed by atoms with van der Waals surface area (Å²) in [6, 6.07) is 8.53. The summed E-state index contributed by atoms with van der Waals surface area (Å²) in [6.07, 6.45) is 2.73. The molecule has 0 aliphatic rings. The van der Waals surface area contributed by atoms with E-state index in [0.29, 0.717) is 5.88 Å². The lowest BCUT2D eigenvalue weighted by molar-refractivity contribution is 0.382. The average Bonchev–Trinajstić information content (AvgIpc) is 2.91. The van der Waals surface area contributed by atoms with Gasteiger partial charge in [0.2, 0.25) is 5.88 Å². The summed E-state index contributed by atoms with van der Waals surface area (Å²) in [5.41, 5.74) is 1.12. The highest BCUT2D eigenvalue weighted by atomic mass is 32.1. The van der Waals surface area contributed by atoms with Crippen LogP contribution in [-0.2, 0) is 6.42 Å². The van der Waals surface area contributed by atoms with Gasteiger partial charge in [-0.2, -0.15) is 0 Å². The van der Waals surface area contributed by atoms with Crippen molar-refractivity contribution in [2.24, 2.45) is 0 Å². The molecule has 0 spiro atoms. The first-order valence-electron chi connectivity index (χ1n) is 6.09. The highest BCUT2D eigenvalue weighted by Gasteiger charge is 2.16. The molecule has 2 aromatic rings. The van der Waals surface area contributed by atoms with Gasteiger partial charge in [0, 0.05) is 29.1 Å². The van der Waals surface area contributed by atoms with Crippen LogP contribution < -0.4 is 10.1 Å². The molecule has 0 aliphatic carbocycles. The molecule has 0 aliphatic heterocycles. The summed E-state index contributed by atoms with van der Waals surface area (Å²) in [5, 5.41) is 5.61. The zero-order valence-electron chi connectivity index (χ0n) is 10.7. The lowest BCUT2D eigenvalue weighted by atomic mass is 10.0. The Labute approximate surface area is 112 Å². The van der Waals surface area contributed by atoms with Crippen LogP contribution >= 0.6 is 11.3 Å². The molecule has 2 rings (SSSR count). The number of likely N-dealkylation sites (N-methyl/N-ethyl adjacent to an activating group) is 1. The third-order valence-electron chi connectivity index (χ3n) is 2.81. The molecule has 3 nitrogen and oxygen atoms in total. The second kappa shape index (κ2) is 6.52. The third kappa shape index (κ3) is 3.09. The quantitative estimate of drug-likeness (QED) is 0.869. The van der Waals surface area contributed by atoms with E-state index in [4.69, 9.17) is 4.74 Å². The van der Waals surface area contributed by atoms with E-state index in [1.807, 2.05) is 6.07 Å². The molecule has 2 heterocycles. The van der Waals surface area contributed by atoms with E-state index < -0.39 is 0 Å². The number of hydrogen-bond donors (Lipinski definition) is 1. The number of methoxy groups -OCH3 is 1. The van der Waals surface area contributed by atoms with Gasteiger partial charge in [-0.05, 0) is 24.1 Å². The molecule has 0 amide bonds. The summed E-state index contributed by atoms with van der Waals surface area (Å²) in [4.78, 5) is 5.64. The summed E-state index contributed by atoms with van der Waals surface area (Å²) < 4.78 is 5.34. The molecule has 96 valence electrons. The number of hydrogen-bond acceptors (Lipinski definition) is 4. The molecular formula is C14H18N2OS. The third-order valence-corrected chi connectivity index (χ3v) is 3.70. The summed E-state index contributed by atoms with van der Waals surface area (Å²) in [7, 11) is 1.67. The molecule has 0 fully saturated rings. The van der Waals surface area contributed by atoms with Crippen molar-refractivity contribution in [3.8, 4) is 5.88 Å². The Morgan fingerprint density at radius 2 is 2.28 bits per heavy atom. The highest BCUT2D eigenvalue weighted by molar-refractivity contribution is 7.09. The Bertz CT molecular complexity index is 470. The largest absolute Gasteiger partial charge is 0.481 e. The maximum atomic E-state index is 5.34. The molecule has 0 saturated carbocycles. The maximum Gasteiger partial charge on any atom is 0.217 e. The summed E-state index contributed by atoms with van der Waals surface area (Å²) >= 11 is 1.78. The van der Waals surface area contributed by atoms with Crippen molar-refractivity contribution in [1.29, 1.82) is 0 Å². The predicted molar refractivity (Wildman–Crippen MR) is 75.2 cm³/mol. The number of ether oxygens (including phenoxy) is 1. The standard InChI is InChI=1S/C14H18N2OS/c1-3-15-13(10-11-6-5-9-18-11)12-7-4-8-16-14(12)17-2/h4-9,13,15H,3,10H2,1-2H3. The van der Waals surface area contributed by atoms with Crippen molar-refractivity contribution in [1.82, 2.24) is 10.3 Å². The molecule has 1 unspecified atom stereocenters. The van der Waals surface area contributed by atoms with Crippen LogP contribution in [0.25, 0.3) is 0 Å². The van der Waals surface area contributed by atoms with Gasteiger partial charge < -0.3 is 10.1 Å². The van der Waals surface area contributed by atoms with Gasteiger partial charge in [0.1, 0.15) is 0 Å². The molecule has 0 bridgehead atoms. The molecule has 1 atom stereocenters. The van der Waals surface area contributed by atoms with E-state index in [-0.39, 0.29) is 6.04 Å². The van der Waals surface area contributed by atoms with Gasteiger partial charge >= 0.3 is 0 Å². The van der Waals surface area contributed by atoms with E-state index in [0.717, 1.165) is 18.5 Å². The van der Waals surface area contributed by atoms with Crippen molar-refractivity contribution in [2.75, 3.05) is 13.7 Å².